The first-order valence-electron chi connectivity index (χ1n) is 6.40. The summed E-state index contributed by atoms with van der Waals surface area (Å²) in [4.78, 5) is 12.1. The molecule has 0 spiro atoms. The van der Waals surface area contributed by atoms with Gasteiger partial charge in [0.2, 0.25) is 0 Å². The van der Waals surface area contributed by atoms with Crippen LogP contribution in [0.2, 0.25) is 0 Å². The number of hydrogen-bond donors (Lipinski definition) is 2. The molecule has 3 N–H and O–H groups in total. The Hall–Kier alpha value is -2.01. The fourth-order valence-electron chi connectivity index (χ4n) is 2.27. The largest absolute Gasteiger partial charge is 0.451 e. The number of nitrogens with one attached hydrogen (secondary N) is 1. The molecule has 3 rings (SSSR count). The minimum Gasteiger partial charge on any atom is -0.451 e. The van der Waals surface area contributed by atoms with Crippen molar-refractivity contribution in [2.45, 2.75) is 18.9 Å². The molecule has 2 heterocycles. The molecule has 0 aliphatic carbocycles. The number of amides is 1. The molecule has 0 bridgehead atoms. The molecule has 0 atom stereocenters. The second-order valence-electron chi connectivity index (χ2n) is 4.77. The molecular weight excluding hydrogens is 244 g/mol. The molecule has 0 radical (unpaired) electrons. The highest BCUT2D eigenvalue weighted by molar-refractivity contribution is 5.96. The van der Waals surface area contributed by atoms with Crippen molar-refractivity contribution in [2.75, 3.05) is 18.9 Å². The van der Waals surface area contributed by atoms with E-state index in [1.54, 1.807) is 24.3 Å². The lowest BCUT2D eigenvalue weighted by atomic mass is 10.1. The maximum absolute atomic E-state index is 12.1. The van der Waals surface area contributed by atoms with E-state index in [0.717, 1.165) is 18.2 Å². The maximum Gasteiger partial charge on any atom is 0.287 e. The van der Waals surface area contributed by atoms with Crippen LogP contribution >= 0.6 is 0 Å². The van der Waals surface area contributed by atoms with Gasteiger partial charge in [0.1, 0.15) is 5.58 Å². The highest BCUT2D eigenvalue weighted by atomic mass is 16.5. The van der Waals surface area contributed by atoms with E-state index in [0.29, 0.717) is 30.2 Å². The van der Waals surface area contributed by atoms with Crippen LogP contribution in [0.1, 0.15) is 23.4 Å². The zero-order chi connectivity index (χ0) is 13.2. The van der Waals surface area contributed by atoms with Gasteiger partial charge in [-0.25, -0.2) is 0 Å². The minimum atomic E-state index is -0.179. The molecule has 100 valence electrons. The zero-order valence-corrected chi connectivity index (χ0v) is 10.5. The van der Waals surface area contributed by atoms with Crippen LogP contribution in [0.15, 0.2) is 28.7 Å². The van der Waals surface area contributed by atoms with Crippen LogP contribution in [-0.2, 0) is 4.74 Å². The van der Waals surface area contributed by atoms with Crippen LogP contribution in [-0.4, -0.2) is 25.2 Å². The average molecular weight is 260 g/mol. The highest BCUT2D eigenvalue weighted by Gasteiger charge is 2.19. The number of fused-ring (bicyclic) bond motifs is 1. The SMILES string of the molecule is Nc1ccc2oc(C(=O)NC3CCOCC3)cc2c1. The van der Waals surface area contributed by atoms with E-state index in [9.17, 15) is 4.79 Å². The number of nitrogens with two attached hydrogens (primary N) is 1. The average Bonchev–Trinajstić information content (AvgIpc) is 2.83. The van der Waals surface area contributed by atoms with Crippen molar-refractivity contribution in [1.82, 2.24) is 5.32 Å². The van der Waals surface area contributed by atoms with Crippen LogP contribution in [0.4, 0.5) is 5.69 Å². The smallest absolute Gasteiger partial charge is 0.287 e. The molecule has 1 fully saturated rings. The van der Waals surface area contributed by atoms with Gasteiger partial charge < -0.3 is 20.2 Å². The summed E-state index contributed by atoms with van der Waals surface area (Å²) in [7, 11) is 0. The summed E-state index contributed by atoms with van der Waals surface area (Å²) in [6.07, 6.45) is 1.69. The van der Waals surface area contributed by atoms with Gasteiger partial charge in [0.15, 0.2) is 5.76 Å². The van der Waals surface area contributed by atoms with Gasteiger partial charge in [-0.05, 0) is 37.1 Å². The highest BCUT2D eigenvalue weighted by Crippen LogP contribution is 2.22. The number of hydrogen-bond acceptors (Lipinski definition) is 4. The van der Waals surface area contributed by atoms with Crippen LogP contribution in [0.5, 0.6) is 0 Å². The summed E-state index contributed by atoms with van der Waals surface area (Å²) in [6.45, 7) is 1.39. The molecule has 1 amide bonds. The third kappa shape index (κ3) is 2.56. The Balaban J connectivity index is 1.77. The Morgan fingerprint density at radius 3 is 2.84 bits per heavy atom. The quantitative estimate of drug-likeness (QED) is 0.809. The van der Waals surface area contributed by atoms with E-state index in [4.69, 9.17) is 14.9 Å². The second kappa shape index (κ2) is 4.93. The molecule has 1 aliphatic rings. The zero-order valence-electron chi connectivity index (χ0n) is 10.5. The number of carbonyl (C=O) groups is 1. The van der Waals surface area contributed by atoms with Gasteiger partial charge in [-0.1, -0.05) is 0 Å². The molecule has 1 aromatic heterocycles. The number of benzene rings is 1. The van der Waals surface area contributed by atoms with Gasteiger partial charge in [0.05, 0.1) is 0 Å². The summed E-state index contributed by atoms with van der Waals surface area (Å²) >= 11 is 0. The predicted octanol–water partition coefficient (Wildman–Crippen LogP) is 1.92. The molecule has 0 unspecified atom stereocenters. The van der Waals surface area contributed by atoms with Crippen molar-refractivity contribution < 1.29 is 13.9 Å². The molecule has 2 aromatic rings. The van der Waals surface area contributed by atoms with Crippen molar-refractivity contribution in [3.8, 4) is 0 Å². The van der Waals surface area contributed by atoms with Crippen LogP contribution in [0, 0.1) is 0 Å². The predicted molar refractivity (Wildman–Crippen MR) is 71.9 cm³/mol. The Labute approximate surface area is 110 Å². The van der Waals surface area contributed by atoms with Crippen molar-refractivity contribution in [3.05, 3.63) is 30.0 Å². The van der Waals surface area contributed by atoms with E-state index in [1.165, 1.54) is 0 Å². The summed E-state index contributed by atoms with van der Waals surface area (Å²) in [5, 5.41) is 3.81. The Kier molecular flexibility index (Phi) is 3.13. The van der Waals surface area contributed by atoms with Crippen molar-refractivity contribution in [2.24, 2.45) is 0 Å². The number of ether oxygens (including phenoxy) is 1. The van der Waals surface area contributed by atoms with E-state index >= 15 is 0 Å². The van der Waals surface area contributed by atoms with Gasteiger partial charge in [0.25, 0.3) is 5.91 Å². The second-order valence-corrected chi connectivity index (χ2v) is 4.77. The van der Waals surface area contributed by atoms with Crippen molar-refractivity contribution in [3.63, 3.8) is 0 Å². The lowest BCUT2D eigenvalue weighted by Crippen LogP contribution is -2.38. The van der Waals surface area contributed by atoms with Crippen molar-refractivity contribution >= 4 is 22.6 Å². The van der Waals surface area contributed by atoms with Crippen LogP contribution in [0.25, 0.3) is 11.0 Å². The summed E-state index contributed by atoms with van der Waals surface area (Å²) in [5.74, 6) is 0.147. The van der Waals surface area contributed by atoms with Gasteiger partial charge >= 0.3 is 0 Å². The van der Waals surface area contributed by atoms with E-state index < -0.39 is 0 Å². The molecule has 19 heavy (non-hydrogen) atoms. The molecule has 5 heteroatoms. The standard InChI is InChI=1S/C14H16N2O3/c15-10-1-2-12-9(7-10)8-13(19-12)14(17)16-11-3-5-18-6-4-11/h1-2,7-8,11H,3-6,15H2,(H,16,17). The Bertz CT molecular complexity index is 600. The molecule has 1 saturated heterocycles. The molecule has 1 aromatic carbocycles. The molecule has 0 saturated carbocycles. The van der Waals surface area contributed by atoms with Gasteiger partial charge in [0, 0.05) is 30.3 Å². The summed E-state index contributed by atoms with van der Waals surface area (Å²) in [5.41, 5.74) is 7.03. The Morgan fingerprint density at radius 1 is 1.26 bits per heavy atom. The first kappa shape index (κ1) is 12.0. The van der Waals surface area contributed by atoms with Crippen molar-refractivity contribution in [1.29, 1.82) is 0 Å². The third-order valence-corrected chi connectivity index (χ3v) is 3.32. The lowest BCUT2D eigenvalue weighted by molar-refractivity contribution is 0.0684. The van der Waals surface area contributed by atoms with E-state index in [1.807, 2.05) is 0 Å². The van der Waals surface area contributed by atoms with Gasteiger partial charge in [-0.15, -0.1) is 0 Å². The maximum atomic E-state index is 12.1. The molecule has 1 aliphatic heterocycles. The number of anilines is 1. The fraction of sp³-hybridized carbons (Fsp3) is 0.357. The number of nitrogen functional groups attached to an aromatic ring is 1. The number of carbonyl (C=O) groups excluding carboxylic acids is 1. The number of furan rings is 1. The lowest BCUT2D eigenvalue weighted by Gasteiger charge is -2.22. The summed E-state index contributed by atoms with van der Waals surface area (Å²) in [6, 6.07) is 7.21. The molecule has 5 nitrogen and oxygen atoms in total. The monoisotopic (exact) mass is 260 g/mol. The first-order valence-corrected chi connectivity index (χ1v) is 6.40. The topological polar surface area (TPSA) is 77.5 Å². The first-order chi connectivity index (χ1) is 9.22. The van der Waals surface area contributed by atoms with E-state index in [-0.39, 0.29) is 11.9 Å². The summed E-state index contributed by atoms with van der Waals surface area (Å²) < 4.78 is 10.8. The number of rotatable bonds is 2. The normalized spacial score (nSPS) is 16.6. The minimum absolute atomic E-state index is 0.166. The van der Waals surface area contributed by atoms with Gasteiger partial charge in [-0.2, -0.15) is 0 Å². The Morgan fingerprint density at radius 2 is 2.05 bits per heavy atom. The third-order valence-electron chi connectivity index (χ3n) is 3.32. The molecular formula is C14H16N2O3. The fourth-order valence-corrected chi connectivity index (χ4v) is 2.27. The van der Waals surface area contributed by atoms with Crippen LogP contribution in [0.3, 0.4) is 0 Å². The van der Waals surface area contributed by atoms with E-state index in [2.05, 4.69) is 5.32 Å². The van der Waals surface area contributed by atoms with Crippen LogP contribution < -0.4 is 11.1 Å². The van der Waals surface area contributed by atoms with Gasteiger partial charge in [-0.3, -0.25) is 4.79 Å².